The van der Waals surface area contributed by atoms with Gasteiger partial charge >= 0.3 is 6.09 Å². The molecule has 23 heavy (non-hydrogen) atoms. The highest BCUT2D eigenvalue weighted by Gasteiger charge is 2.56. The molecule has 2 aliphatic rings. The zero-order chi connectivity index (χ0) is 16.8. The molecule has 0 radical (unpaired) electrons. The maximum Gasteiger partial charge on any atom is 0.407 e. The molecule has 1 N–H and O–H groups in total. The molecule has 0 aromatic carbocycles. The van der Waals surface area contributed by atoms with E-state index < -0.39 is 24.4 Å². The van der Waals surface area contributed by atoms with Crippen molar-refractivity contribution in [3.05, 3.63) is 17.0 Å². The SMILES string of the molecule is Cc1c(Cl)ncnc1O[C@H]1CCN(C(=O)O)C(C2(C)CC2)[C@H]1F. The fourth-order valence-electron chi connectivity index (χ4n) is 3.21. The van der Waals surface area contributed by atoms with Crippen LogP contribution >= 0.6 is 11.6 Å². The third kappa shape index (κ3) is 2.94. The first-order chi connectivity index (χ1) is 10.8. The number of amides is 1. The number of alkyl halides is 1. The Morgan fingerprint density at radius 3 is 2.83 bits per heavy atom. The van der Waals surface area contributed by atoms with Gasteiger partial charge in [0, 0.05) is 18.5 Å². The van der Waals surface area contributed by atoms with Crippen LogP contribution in [-0.4, -0.2) is 50.9 Å². The van der Waals surface area contributed by atoms with Crippen LogP contribution in [0.15, 0.2) is 6.33 Å². The number of carboxylic acid groups (broad SMARTS) is 1. The lowest BCUT2D eigenvalue weighted by molar-refractivity contribution is -0.0391. The van der Waals surface area contributed by atoms with Gasteiger partial charge in [-0.1, -0.05) is 18.5 Å². The number of halogens is 2. The summed E-state index contributed by atoms with van der Waals surface area (Å²) in [4.78, 5) is 20.5. The molecule has 2 fully saturated rings. The van der Waals surface area contributed by atoms with Gasteiger partial charge in [0.2, 0.25) is 5.88 Å². The van der Waals surface area contributed by atoms with Crippen LogP contribution < -0.4 is 4.74 Å². The first-order valence-electron chi connectivity index (χ1n) is 7.61. The molecule has 0 spiro atoms. The molecule has 1 amide bonds. The minimum absolute atomic E-state index is 0.249. The molecule has 1 saturated carbocycles. The second-order valence-electron chi connectivity index (χ2n) is 6.56. The predicted molar refractivity (Wildman–Crippen MR) is 81.6 cm³/mol. The van der Waals surface area contributed by atoms with Crippen LogP contribution in [0, 0.1) is 12.3 Å². The maximum absolute atomic E-state index is 15.1. The quantitative estimate of drug-likeness (QED) is 0.853. The van der Waals surface area contributed by atoms with Gasteiger partial charge < -0.3 is 14.7 Å². The number of hydrogen-bond acceptors (Lipinski definition) is 4. The monoisotopic (exact) mass is 343 g/mol. The standard InChI is InChI=1S/C15H19ClFN3O3/c1-8-12(16)18-7-19-13(8)23-9-3-6-20(14(21)22)11(10(9)17)15(2)4-5-15/h7,9-11H,3-6H2,1-2H3,(H,21,22)/t9-,10-,11?/m0/s1. The number of ether oxygens (including phenoxy) is 1. The van der Waals surface area contributed by atoms with Crippen molar-refractivity contribution in [2.45, 2.75) is 51.4 Å². The third-order valence-corrected chi connectivity index (χ3v) is 5.27. The fourth-order valence-corrected chi connectivity index (χ4v) is 3.33. The summed E-state index contributed by atoms with van der Waals surface area (Å²) in [7, 11) is 0. The summed E-state index contributed by atoms with van der Waals surface area (Å²) in [5.74, 6) is 0.251. The number of nitrogens with zero attached hydrogens (tertiary/aromatic N) is 3. The Morgan fingerprint density at radius 2 is 2.22 bits per heavy atom. The van der Waals surface area contributed by atoms with Crippen LogP contribution in [0.25, 0.3) is 0 Å². The van der Waals surface area contributed by atoms with E-state index in [1.807, 2.05) is 6.92 Å². The second kappa shape index (κ2) is 5.78. The largest absolute Gasteiger partial charge is 0.471 e. The molecular formula is C15H19ClFN3O3. The normalized spacial score (nSPS) is 29.2. The smallest absolute Gasteiger partial charge is 0.407 e. The van der Waals surface area contributed by atoms with Gasteiger partial charge in [0.15, 0.2) is 6.17 Å². The first kappa shape index (κ1) is 16.2. The molecule has 2 heterocycles. The molecule has 1 aromatic heterocycles. The van der Waals surface area contributed by atoms with Gasteiger partial charge in [0.25, 0.3) is 0 Å². The van der Waals surface area contributed by atoms with Gasteiger partial charge in [-0.15, -0.1) is 0 Å². The first-order valence-corrected chi connectivity index (χ1v) is 7.99. The highest BCUT2D eigenvalue weighted by Crippen LogP contribution is 2.53. The van der Waals surface area contributed by atoms with E-state index >= 15 is 4.39 Å². The molecule has 1 unspecified atom stereocenters. The van der Waals surface area contributed by atoms with Crippen molar-refractivity contribution in [3.8, 4) is 5.88 Å². The summed E-state index contributed by atoms with van der Waals surface area (Å²) in [5, 5.41) is 9.62. The molecular weight excluding hydrogens is 325 g/mol. The predicted octanol–water partition coefficient (Wildman–Crippen LogP) is 3.08. The molecule has 1 aliphatic heterocycles. The third-order valence-electron chi connectivity index (χ3n) is 4.88. The maximum atomic E-state index is 15.1. The Kier molecular flexibility index (Phi) is 4.08. The van der Waals surface area contributed by atoms with Crippen LogP contribution in [0.3, 0.4) is 0 Å². The van der Waals surface area contributed by atoms with Crippen molar-refractivity contribution in [2.24, 2.45) is 5.41 Å². The lowest BCUT2D eigenvalue weighted by Crippen LogP contribution is -2.59. The van der Waals surface area contributed by atoms with Gasteiger partial charge in [-0.2, -0.15) is 0 Å². The average Bonchev–Trinajstić information content (AvgIpc) is 3.23. The molecule has 8 heteroatoms. The van der Waals surface area contributed by atoms with Crippen molar-refractivity contribution in [3.63, 3.8) is 0 Å². The summed E-state index contributed by atoms with van der Waals surface area (Å²) in [5.41, 5.74) is 0.245. The van der Waals surface area contributed by atoms with E-state index in [0.717, 1.165) is 12.8 Å². The zero-order valence-electron chi connectivity index (χ0n) is 13.0. The van der Waals surface area contributed by atoms with Crippen LogP contribution in [0.2, 0.25) is 5.15 Å². The minimum Gasteiger partial charge on any atom is -0.471 e. The Balaban J connectivity index is 1.82. The van der Waals surface area contributed by atoms with Crippen LogP contribution in [0.5, 0.6) is 5.88 Å². The average molecular weight is 344 g/mol. The second-order valence-corrected chi connectivity index (χ2v) is 6.92. The highest BCUT2D eigenvalue weighted by molar-refractivity contribution is 6.30. The van der Waals surface area contributed by atoms with Crippen molar-refractivity contribution in [1.82, 2.24) is 14.9 Å². The van der Waals surface area contributed by atoms with Gasteiger partial charge in [-0.25, -0.2) is 19.2 Å². The number of rotatable bonds is 3. The van der Waals surface area contributed by atoms with Crippen LogP contribution in [-0.2, 0) is 0 Å². The zero-order valence-corrected chi connectivity index (χ0v) is 13.8. The van der Waals surface area contributed by atoms with E-state index in [-0.39, 0.29) is 29.4 Å². The Labute approximate surface area is 138 Å². The number of likely N-dealkylation sites (tertiary alicyclic amines) is 1. The van der Waals surface area contributed by atoms with Crippen LogP contribution in [0.4, 0.5) is 9.18 Å². The van der Waals surface area contributed by atoms with Crippen molar-refractivity contribution in [1.29, 1.82) is 0 Å². The van der Waals surface area contributed by atoms with Gasteiger partial charge in [-0.3, -0.25) is 0 Å². The fraction of sp³-hybridized carbons (Fsp3) is 0.667. The van der Waals surface area contributed by atoms with Crippen molar-refractivity contribution in [2.75, 3.05) is 6.54 Å². The summed E-state index contributed by atoms with van der Waals surface area (Å²) >= 11 is 5.93. The number of aromatic nitrogens is 2. The van der Waals surface area contributed by atoms with E-state index in [9.17, 15) is 9.90 Å². The van der Waals surface area contributed by atoms with E-state index in [1.54, 1.807) is 6.92 Å². The molecule has 1 saturated heterocycles. The van der Waals surface area contributed by atoms with Gasteiger partial charge in [0.1, 0.15) is 17.6 Å². The topological polar surface area (TPSA) is 75.6 Å². The number of piperidine rings is 1. The Bertz CT molecular complexity index is 626. The van der Waals surface area contributed by atoms with E-state index in [2.05, 4.69) is 9.97 Å². The Morgan fingerprint density at radius 1 is 1.52 bits per heavy atom. The van der Waals surface area contributed by atoms with Crippen molar-refractivity contribution >= 4 is 17.7 Å². The summed E-state index contributed by atoms with van der Waals surface area (Å²) in [6.45, 7) is 3.88. The molecule has 6 nitrogen and oxygen atoms in total. The van der Waals surface area contributed by atoms with Crippen molar-refractivity contribution < 1.29 is 19.0 Å². The molecule has 3 rings (SSSR count). The lowest BCUT2D eigenvalue weighted by atomic mass is 9.86. The highest BCUT2D eigenvalue weighted by atomic mass is 35.5. The number of hydrogen-bond donors (Lipinski definition) is 1. The van der Waals surface area contributed by atoms with Gasteiger partial charge in [-0.05, 0) is 25.2 Å². The summed E-state index contributed by atoms with van der Waals surface area (Å²) in [6.07, 6.45) is -0.0194. The molecule has 0 bridgehead atoms. The van der Waals surface area contributed by atoms with E-state index in [1.165, 1.54) is 11.2 Å². The summed E-state index contributed by atoms with van der Waals surface area (Å²) < 4.78 is 20.8. The lowest BCUT2D eigenvalue weighted by Gasteiger charge is -2.43. The molecule has 1 aliphatic carbocycles. The van der Waals surface area contributed by atoms with Crippen LogP contribution in [0.1, 0.15) is 31.7 Å². The molecule has 1 aromatic rings. The van der Waals surface area contributed by atoms with E-state index in [0.29, 0.717) is 5.56 Å². The molecule has 126 valence electrons. The minimum atomic E-state index is -1.40. The van der Waals surface area contributed by atoms with Gasteiger partial charge in [0.05, 0.1) is 6.04 Å². The Hall–Kier alpha value is -1.63. The molecule has 3 atom stereocenters. The summed E-state index contributed by atoms with van der Waals surface area (Å²) in [6, 6.07) is -0.684. The van der Waals surface area contributed by atoms with E-state index in [4.69, 9.17) is 16.3 Å². The number of carbonyl (C=O) groups is 1.